The van der Waals surface area contributed by atoms with Crippen LogP contribution < -0.4 is 5.73 Å². The van der Waals surface area contributed by atoms with E-state index in [1.54, 1.807) is 0 Å². The van der Waals surface area contributed by atoms with Crippen LogP contribution in [0.25, 0.3) is 11.0 Å². The lowest BCUT2D eigenvalue weighted by molar-refractivity contribution is 0.0858. The van der Waals surface area contributed by atoms with Crippen LogP contribution in [0.5, 0.6) is 0 Å². The van der Waals surface area contributed by atoms with Crippen LogP contribution in [-0.2, 0) is 13.5 Å². The second-order valence-corrected chi connectivity index (χ2v) is 7.66. The van der Waals surface area contributed by atoms with Gasteiger partial charge in [-0.2, -0.15) is 0 Å². The summed E-state index contributed by atoms with van der Waals surface area (Å²) in [5, 5.41) is 7.47. The molecule has 0 spiro atoms. The Labute approximate surface area is 153 Å². The molecule has 0 unspecified atom stereocenters. The number of ketones is 1. The minimum absolute atomic E-state index is 0.0651. The Bertz CT molecular complexity index is 991. The highest BCUT2D eigenvalue weighted by atomic mass is 16.1. The first kappa shape index (κ1) is 17.9. The zero-order chi connectivity index (χ0) is 19.1. The third kappa shape index (κ3) is 3.38. The summed E-state index contributed by atoms with van der Waals surface area (Å²) in [5.41, 5.74) is 9.43. The number of benzene rings is 2. The molecule has 26 heavy (non-hydrogen) atoms. The molecule has 0 aliphatic heterocycles. The fraction of sp³-hybridized carbons (Fsp3) is 0.286. The zero-order valence-corrected chi connectivity index (χ0v) is 15.6. The maximum Gasteiger partial charge on any atom is 0.168 e. The number of nitrogen functional groups attached to an aromatic ring is 1. The van der Waals surface area contributed by atoms with Crippen molar-refractivity contribution in [2.75, 3.05) is 0 Å². The van der Waals surface area contributed by atoms with Crippen LogP contribution in [-0.4, -0.2) is 21.2 Å². The summed E-state index contributed by atoms with van der Waals surface area (Å²) < 4.78 is 2.06. The Hall–Kier alpha value is -2.95. The van der Waals surface area contributed by atoms with Gasteiger partial charge >= 0.3 is 0 Å². The topological polar surface area (TPSA) is 84.8 Å². The van der Waals surface area contributed by atoms with E-state index in [-0.39, 0.29) is 11.6 Å². The van der Waals surface area contributed by atoms with E-state index < -0.39 is 5.41 Å². The molecule has 3 rings (SSSR count). The lowest BCUT2D eigenvalue weighted by Crippen LogP contribution is -2.20. The Morgan fingerprint density at radius 1 is 1.12 bits per heavy atom. The SMILES string of the molecule is Cn1c(Cc2ccc(C(=N)N)cc2)nc2cc(C(=O)C(C)(C)C)ccc21. The number of rotatable bonds is 4. The first-order chi connectivity index (χ1) is 12.2. The average molecular weight is 348 g/mol. The van der Waals surface area contributed by atoms with Gasteiger partial charge in [0.15, 0.2) is 5.78 Å². The van der Waals surface area contributed by atoms with Gasteiger partial charge in [0.2, 0.25) is 0 Å². The number of aryl methyl sites for hydroxylation is 1. The van der Waals surface area contributed by atoms with E-state index >= 15 is 0 Å². The average Bonchev–Trinajstić information content (AvgIpc) is 2.89. The van der Waals surface area contributed by atoms with Crippen molar-refractivity contribution in [1.29, 1.82) is 5.41 Å². The Balaban J connectivity index is 1.93. The van der Waals surface area contributed by atoms with Gasteiger partial charge in [0.05, 0.1) is 11.0 Å². The molecule has 0 radical (unpaired) electrons. The summed E-state index contributed by atoms with van der Waals surface area (Å²) in [6.07, 6.45) is 0.673. The number of nitrogens with two attached hydrogens (primary N) is 1. The predicted molar refractivity (Wildman–Crippen MR) is 105 cm³/mol. The molecule has 0 saturated carbocycles. The largest absolute Gasteiger partial charge is 0.384 e. The molecule has 1 heterocycles. The van der Waals surface area contributed by atoms with Gasteiger partial charge in [0.25, 0.3) is 0 Å². The van der Waals surface area contributed by atoms with E-state index in [1.165, 1.54) is 0 Å². The second-order valence-electron chi connectivity index (χ2n) is 7.66. The quantitative estimate of drug-likeness (QED) is 0.428. The van der Waals surface area contributed by atoms with Crippen molar-refractivity contribution < 1.29 is 4.79 Å². The van der Waals surface area contributed by atoms with E-state index in [0.717, 1.165) is 22.4 Å². The molecule has 2 aromatic carbocycles. The number of nitrogens with one attached hydrogen (secondary N) is 1. The third-order valence-electron chi connectivity index (χ3n) is 4.54. The normalized spacial score (nSPS) is 11.7. The molecular weight excluding hydrogens is 324 g/mol. The molecule has 5 nitrogen and oxygen atoms in total. The molecule has 0 fully saturated rings. The molecule has 0 aliphatic rings. The van der Waals surface area contributed by atoms with Crippen molar-refractivity contribution in [1.82, 2.24) is 9.55 Å². The molecule has 0 amide bonds. The molecule has 1 aromatic heterocycles. The number of Topliss-reactive ketones (excluding diaryl/α,β-unsaturated/α-hetero) is 1. The summed E-state index contributed by atoms with van der Waals surface area (Å²) >= 11 is 0. The van der Waals surface area contributed by atoms with Crippen molar-refractivity contribution in [3.8, 4) is 0 Å². The van der Waals surface area contributed by atoms with Crippen molar-refractivity contribution in [2.45, 2.75) is 27.2 Å². The summed E-state index contributed by atoms with van der Waals surface area (Å²) in [5.74, 6) is 1.11. The minimum Gasteiger partial charge on any atom is -0.384 e. The number of fused-ring (bicyclic) bond motifs is 1. The van der Waals surface area contributed by atoms with Gasteiger partial charge in [0.1, 0.15) is 11.7 Å². The van der Waals surface area contributed by atoms with Gasteiger partial charge in [-0.1, -0.05) is 45.0 Å². The monoisotopic (exact) mass is 348 g/mol. The number of aromatic nitrogens is 2. The summed E-state index contributed by atoms with van der Waals surface area (Å²) in [4.78, 5) is 17.3. The van der Waals surface area contributed by atoms with Crippen molar-refractivity contribution in [2.24, 2.45) is 18.2 Å². The van der Waals surface area contributed by atoms with Gasteiger partial charge in [-0.05, 0) is 23.8 Å². The third-order valence-corrected chi connectivity index (χ3v) is 4.54. The number of imidazole rings is 1. The highest BCUT2D eigenvalue weighted by Gasteiger charge is 2.23. The van der Waals surface area contributed by atoms with Gasteiger partial charge in [0, 0.05) is 30.0 Å². The fourth-order valence-corrected chi connectivity index (χ4v) is 2.97. The highest BCUT2D eigenvalue weighted by molar-refractivity contribution is 6.02. The van der Waals surface area contributed by atoms with Crippen LogP contribution in [0.4, 0.5) is 0 Å². The molecular formula is C21H24N4O. The number of nitrogens with zero attached hydrogens (tertiary/aromatic N) is 2. The minimum atomic E-state index is -0.413. The van der Waals surface area contributed by atoms with E-state index in [1.807, 2.05) is 70.3 Å². The summed E-state index contributed by atoms with van der Waals surface area (Å²) in [6, 6.07) is 13.3. The van der Waals surface area contributed by atoms with Gasteiger partial charge in [-0.15, -0.1) is 0 Å². The Morgan fingerprint density at radius 3 is 2.31 bits per heavy atom. The van der Waals surface area contributed by atoms with Crippen LogP contribution in [0.2, 0.25) is 0 Å². The number of hydrogen-bond acceptors (Lipinski definition) is 3. The Kier molecular flexibility index (Phi) is 4.40. The lowest BCUT2D eigenvalue weighted by atomic mass is 9.86. The molecule has 0 atom stereocenters. The number of carbonyl (C=O) groups excluding carboxylic acids is 1. The molecule has 134 valence electrons. The highest BCUT2D eigenvalue weighted by Crippen LogP contribution is 2.24. The second kappa shape index (κ2) is 6.41. The van der Waals surface area contributed by atoms with Crippen LogP contribution in [0.1, 0.15) is 48.1 Å². The molecule has 3 aromatic rings. The molecule has 5 heteroatoms. The molecule has 0 aliphatic carbocycles. The van der Waals surface area contributed by atoms with E-state index in [0.29, 0.717) is 17.5 Å². The smallest absolute Gasteiger partial charge is 0.168 e. The molecule has 0 bridgehead atoms. The number of carbonyl (C=O) groups is 1. The Morgan fingerprint density at radius 2 is 1.73 bits per heavy atom. The maximum absolute atomic E-state index is 12.5. The van der Waals surface area contributed by atoms with Crippen molar-refractivity contribution in [3.05, 3.63) is 65.0 Å². The number of amidine groups is 1. The van der Waals surface area contributed by atoms with Crippen LogP contribution in [0.3, 0.4) is 0 Å². The maximum atomic E-state index is 12.5. The van der Waals surface area contributed by atoms with E-state index in [2.05, 4.69) is 4.57 Å². The first-order valence-electron chi connectivity index (χ1n) is 8.60. The van der Waals surface area contributed by atoms with Gasteiger partial charge in [-0.25, -0.2) is 4.98 Å². The zero-order valence-electron chi connectivity index (χ0n) is 15.6. The van der Waals surface area contributed by atoms with Crippen LogP contribution in [0.15, 0.2) is 42.5 Å². The lowest BCUT2D eigenvalue weighted by Gasteiger charge is -2.16. The standard InChI is InChI=1S/C21H24N4O/c1-21(2,3)19(26)15-9-10-17-16(12-15)24-18(25(17)4)11-13-5-7-14(8-6-13)20(22)23/h5-10,12H,11H2,1-4H3,(H3,22,23). The number of hydrogen-bond donors (Lipinski definition) is 2. The van der Waals surface area contributed by atoms with Crippen molar-refractivity contribution >= 4 is 22.7 Å². The van der Waals surface area contributed by atoms with Gasteiger partial charge in [-0.3, -0.25) is 10.2 Å². The van der Waals surface area contributed by atoms with Gasteiger partial charge < -0.3 is 10.3 Å². The summed E-state index contributed by atoms with van der Waals surface area (Å²) in [7, 11) is 1.99. The fourth-order valence-electron chi connectivity index (χ4n) is 2.97. The van der Waals surface area contributed by atoms with E-state index in [9.17, 15) is 4.79 Å². The van der Waals surface area contributed by atoms with Crippen LogP contribution in [0, 0.1) is 10.8 Å². The molecule has 0 saturated heterocycles. The predicted octanol–water partition coefficient (Wildman–Crippen LogP) is 3.68. The first-order valence-corrected chi connectivity index (χ1v) is 8.60. The van der Waals surface area contributed by atoms with Crippen LogP contribution >= 0.6 is 0 Å². The van der Waals surface area contributed by atoms with E-state index in [4.69, 9.17) is 16.1 Å². The van der Waals surface area contributed by atoms with Crippen molar-refractivity contribution in [3.63, 3.8) is 0 Å². The summed E-state index contributed by atoms with van der Waals surface area (Å²) in [6.45, 7) is 5.77. The molecule has 3 N–H and O–H groups in total.